The predicted octanol–water partition coefficient (Wildman–Crippen LogP) is 2.60. The zero-order valence-corrected chi connectivity index (χ0v) is 11.5. The Labute approximate surface area is 112 Å². The maximum absolute atomic E-state index is 12.8. The van der Waals surface area contributed by atoms with Crippen LogP contribution in [0.5, 0.6) is 0 Å². The Kier molecular flexibility index (Phi) is 3.99. The summed E-state index contributed by atoms with van der Waals surface area (Å²) < 4.78 is 27.3. The minimum Gasteiger partial charge on any atom is -0.355 e. The summed E-state index contributed by atoms with van der Waals surface area (Å²) >= 11 is 3.18. The van der Waals surface area contributed by atoms with Crippen LogP contribution >= 0.6 is 15.9 Å². The third kappa shape index (κ3) is 2.71. The summed E-state index contributed by atoms with van der Waals surface area (Å²) in [7, 11) is 0. The zero-order valence-electron chi connectivity index (χ0n) is 9.92. The number of nitrogens with one attached hydrogen (secondary N) is 1. The second kappa shape index (κ2) is 5.34. The van der Waals surface area contributed by atoms with Gasteiger partial charge in [-0.1, -0.05) is 0 Å². The van der Waals surface area contributed by atoms with Crippen LogP contribution in [0.3, 0.4) is 0 Å². The van der Waals surface area contributed by atoms with Crippen molar-refractivity contribution >= 4 is 21.8 Å². The molecule has 18 heavy (non-hydrogen) atoms. The Morgan fingerprint density at radius 2 is 2.28 bits per heavy atom. The number of alkyl halides is 2. The molecule has 1 N–H and O–H groups in total. The van der Waals surface area contributed by atoms with Crippen molar-refractivity contribution in [3.05, 3.63) is 15.9 Å². The van der Waals surface area contributed by atoms with E-state index < -0.39 is 6.43 Å². The number of aromatic nitrogens is 2. The van der Waals surface area contributed by atoms with Crippen LogP contribution < -0.4 is 5.32 Å². The molecule has 2 rings (SSSR count). The number of hydrogen-bond acceptors (Lipinski definition) is 2. The molecule has 1 aliphatic carbocycles. The van der Waals surface area contributed by atoms with E-state index in [0.29, 0.717) is 11.0 Å². The molecule has 0 aliphatic heterocycles. The number of carbonyl (C=O) groups is 1. The third-order valence-electron chi connectivity index (χ3n) is 2.79. The molecule has 1 aromatic rings. The smallest absolute Gasteiger partial charge is 0.283 e. The number of likely N-dealkylation sites (N-methyl/N-ethyl adjacent to an activating group) is 1. The fourth-order valence-electron chi connectivity index (χ4n) is 1.87. The van der Waals surface area contributed by atoms with Gasteiger partial charge in [0.25, 0.3) is 6.43 Å². The van der Waals surface area contributed by atoms with Gasteiger partial charge in [0.15, 0.2) is 0 Å². The van der Waals surface area contributed by atoms with Gasteiger partial charge in [-0.2, -0.15) is 5.10 Å². The molecule has 1 heterocycles. The van der Waals surface area contributed by atoms with E-state index in [1.165, 1.54) is 4.68 Å². The van der Waals surface area contributed by atoms with Gasteiger partial charge < -0.3 is 5.32 Å². The van der Waals surface area contributed by atoms with Gasteiger partial charge in [0, 0.05) is 12.5 Å². The van der Waals surface area contributed by atoms with Crippen molar-refractivity contribution in [1.82, 2.24) is 15.1 Å². The summed E-state index contributed by atoms with van der Waals surface area (Å²) in [4.78, 5) is 11.5. The Balaban J connectivity index is 2.27. The Morgan fingerprint density at radius 1 is 1.61 bits per heavy atom. The molecule has 0 unspecified atom stereocenters. The second-order valence-corrected chi connectivity index (χ2v) is 5.06. The number of carbonyl (C=O) groups excluding carboxylic acids is 1. The molecule has 0 spiro atoms. The molecule has 1 fully saturated rings. The highest BCUT2D eigenvalue weighted by atomic mass is 79.9. The lowest BCUT2D eigenvalue weighted by Crippen LogP contribution is -2.28. The van der Waals surface area contributed by atoms with Crippen LogP contribution in [-0.2, 0) is 11.3 Å². The minimum absolute atomic E-state index is 0.00894. The van der Waals surface area contributed by atoms with Crippen molar-refractivity contribution < 1.29 is 13.6 Å². The van der Waals surface area contributed by atoms with E-state index >= 15 is 0 Å². The lowest BCUT2D eigenvalue weighted by Gasteiger charge is -2.06. The Bertz CT molecular complexity index is 457. The highest BCUT2D eigenvalue weighted by Crippen LogP contribution is 2.45. The van der Waals surface area contributed by atoms with Crippen LogP contribution in [-0.4, -0.2) is 22.2 Å². The van der Waals surface area contributed by atoms with Gasteiger partial charge in [-0.3, -0.25) is 9.48 Å². The summed E-state index contributed by atoms with van der Waals surface area (Å²) in [5.74, 6) is 0.0315. The van der Waals surface area contributed by atoms with Gasteiger partial charge in [-0.15, -0.1) is 0 Å². The molecule has 0 radical (unpaired) electrons. The highest BCUT2D eigenvalue weighted by molar-refractivity contribution is 9.10. The normalized spacial score (nSPS) is 15.2. The minimum atomic E-state index is -2.63. The zero-order chi connectivity index (χ0) is 13.3. The molecular formula is C11H14BrF2N3O. The van der Waals surface area contributed by atoms with Gasteiger partial charge in [-0.05, 0) is 35.7 Å². The molecule has 1 aliphatic rings. The molecule has 0 saturated heterocycles. The standard InChI is InChI=1S/C11H14BrF2N3O/c1-2-15-7(18)5-17-10(6-3-4-6)8(12)9(16-17)11(13)14/h6,11H,2-5H2,1H3,(H,15,18). The first-order chi connectivity index (χ1) is 8.54. The molecule has 100 valence electrons. The molecule has 0 atom stereocenters. The van der Waals surface area contributed by atoms with Crippen LogP contribution in [0.1, 0.15) is 43.5 Å². The quantitative estimate of drug-likeness (QED) is 0.906. The van der Waals surface area contributed by atoms with Gasteiger partial charge >= 0.3 is 0 Å². The summed E-state index contributed by atoms with van der Waals surface area (Å²) in [6, 6.07) is 0. The summed E-state index contributed by atoms with van der Waals surface area (Å²) in [6.45, 7) is 2.32. The van der Waals surface area contributed by atoms with Crippen molar-refractivity contribution in [2.24, 2.45) is 0 Å². The molecule has 4 nitrogen and oxygen atoms in total. The van der Waals surface area contributed by atoms with Gasteiger partial charge in [0.05, 0.1) is 10.2 Å². The molecular weight excluding hydrogens is 308 g/mol. The number of amides is 1. The van der Waals surface area contributed by atoms with E-state index in [0.717, 1.165) is 18.5 Å². The van der Waals surface area contributed by atoms with E-state index in [-0.39, 0.29) is 24.1 Å². The average molecular weight is 322 g/mol. The van der Waals surface area contributed by atoms with Crippen LogP contribution in [0.2, 0.25) is 0 Å². The lowest BCUT2D eigenvalue weighted by molar-refractivity contribution is -0.121. The molecule has 1 amide bonds. The second-order valence-electron chi connectivity index (χ2n) is 4.27. The van der Waals surface area contributed by atoms with Crippen LogP contribution in [0.25, 0.3) is 0 Å². The van der Waals surface area contributed by atoms with Crippen molar-refractivity contribution in [3.63, 3.8) is 0 Å². The summed E-state index contributed by atoms with van der Waals surface area (Å²) in [5, 5.41) is 6.49. The van der Waals surface area contributed by atoms with Gasteiger partial charge in [-0.25, -0.2) is 8.78 Å². The van der Waals surface area contributed by atoms with Crippen LogP contribution in [0.4, 0.5) is 8.78 Å². The van der Waals surface area contributed by atoms with E-state index in [2.05, 4.69) is 26.3 Å². The van der Waals surface area contributed by atoms with Gasteiger partial charge in [0.1, 0.15) is 12.2 Å². The third-order valence-corrected chi connectivity index (χ3v) is 3.61. The first-order valence-corrected chi connectivity index (χ1v) is 6.64. The number of halogens is 3. The largest absolute Gasteiger partial charge is 0.355 e. The van der Waals surface area contributed by atoms with Crippen molar-refractivity contribution in [1.29, 1.82) is 0 Å². The van der Waals surface area contributed by atoms with E-state index in [9.17, 15) is 13.6 Å². The molecule has 7 heteroatoms. The molecule has 0 bridgehead atoms. The Morgan fingerprint density at radius 3 is 2.78 bits per heavy atom. The highest BCUT2D eigenvalue weighted by Gasteiger charge is 2.33. The first-order valence-electron chi connectivity index (χ1n) is 5.85. The number of rotatable bonds is 5. The van der Waals surface area contributed by atoms with Crippen molar-refractivity contribution in [2.75, 3.05) is 6.54 Å². The first kappa shape index (κ1) is 13.5. The Hall–Kier alpha value is -0.980. The SMILES string of the molecule is CCNC(=O)Cn1nc(C(F)F)c(Br)c1C1CC1. The van der Waals surface area contributed by atoms with E-state index in [4.69, 9.17) is 0 Å². The monoisotopic (exact) mass is 321 g/mol. The van der Waals surface area contributed by atoms with E-state index in [1.54, 1.807) is 0 Å². The molecule has 1 aromatic heterocycles. The number of hydrogen-bond donors (Lipinski definition) is 1. The topological polar surface area (TPSA) is 46.9 Å². The summed E-state index contributed by atoms with van der Waals surface area (Å²) in [6.07, 6.45) is -0.711. The average Bonchev–Trinajstić information content (AvgIpc) is 3.05. The fraction of sp³-hybridized carbons (Fsp3) is 0.636. The maximum Gasteiger partial charge on any atom is 0.283 e. The van der Waals surface area contributed by atoms with Crippen LogP contribution in [0, 0.1) is 0 Å². The van der Waals surface area contributed by atoms with Crippen molar-refractivity contribution in [2.45, 2.75) is 38.7 Å². The number of nitrogens with zero attached hydrogens (tertiary/aromatic N) is 2. The lowest BCUT2D eigenvalue weighted by atomic mass is 10.2. The molecule has 0 aromatic carbocycles. The van der Waals surface area contributed by atoms with Crippen LogP contribution in [0.15, 0.2) is 4.47 Å². The predicted molar refractivity (Wildman–Crippen MR) is 65.5 cm³/mol. The maximum atomic E-state index is 12.8. The van der Waals surface area contributed by atoms with E-state index in [1.807, 2.05) is 6.92 Å². The van der Waals surface area contributed by atoms with Crippen molar-refractivity contribution in [3.8, 4) is 0 Å². The fourth-order valence-corrected chi connectivity index (χ4v) is 2.65. The molecule has 1 saturated carbocycles. The van der Waals surface area contributed by atoms with Gasteiger partial charge in [0.2, 0.25) is 5.91 Å². The summed E-state index contributed by atoms with van der Waals surface area (Å²) in [5.41, 5.74) is 0.442.